The smallest absolute Gasteiger partial charge is 0.255 e. The number of rotatable bonds is 10. The highest BCUT2D eigenvalue weighted by molar-refractivity contribution is 6.02. The van der Waals surface area contributed by atoms with E-state index in [4.69, 9.17) is 4.74 Å². The predicted molar refractivity (Wildman–Crippen MR) is 144 cm³/mol. The van der Waals surface area contributed by atoms with Crippen molar-refractivity contribution in [3.05, 3.63) is 67.6 Å². The zero-order chi connectivity index (χ0) is 26.5. The Morgan fingerprint density at radius 3 is 2.73 bits per heavy atom. The van der Waals surface area contributed by atoms with Gasteiger partial charge in [-0.05, 0) is 44.4 Å². The third-order valence-corrected chi connectivity index (χ3v) is 5.80. The Morgan fingerprint density at radius 2 is 2.00 bits per heavy atom. The van der Waals surface area contributed by atoms with Crippen LogP contribution in [0.5, 0.6) is 5.75 Å². The second-order valence-corrected chi connectivity index (χ2v) is 8.60. The lowest BCUT2D eigenvalue weighted by Crippen LogP contribution is -2.29. The fourth-order valence-corrected chi connectivity index (χ4v) is 3.80. The van der Waals surface area contributed by atoms with Gasteiger partial charge in [0.05, 0.1) is 35.9 Å². The van der Waals surface area contributed by atoms with Crippen LogP contribution in [-0.4, -0.2) is 76.9 Å². The summed E-state index contributed by atoms with van der Waals surface area (Å²) in [5.74, 6) is 0.0192. The molecule has 11 heteroatoms. The number of methoxy groups -OCH3 is 1. The number of pyridine rings is 1. The molecular weight excluding hydrogens is 472 g/mol. The third-order valence-electron chi connectivity index (χ3n) is 5.80. The molecular formula is C26H30N8O3. The van der Waals surface area contributed by atoms with Crippen molar-refractivity contribution in [2.75, 3.05) is 56.6 Å². The topological polar surface area (TPSA) is 111 Å². The van der Waals surface area contributed by atoms with E-state index in [1.807, 2.05) is 50.4 Å². The lowest BCUT2D eigenvalue weighted by molar-refractivity contribution is -0.111. The summed E-state index contributed by atoms with van der Waals surface area (Å²) < 4.78 is 7.36. The summed E-state index contributed by atoms with van der Waals surface area (Å²) in [5, 5.41) is 19.2. The third kappa shape index (κ3) is 5.52. The number of aromatic nitrogens is 4. The van der Waals surface area contributed by atoms with Gasteiger partial charge >= 0.3 is 0 Å². The summed E-state index contributed by atoms with van der Waals surface area (Å²) in [6, 6.07) is 10.9. The van der Waals surface area contributed by atoms with Crippen LogP contribution in [0.1, 0.15) is 0 Å². The van der Waals surface area contributed by atoms with E-state index in [9.17, 15) is 10.0 Å². The highest BCUT2D eigenvalue weighted by Gasteiger charge is 2.21. The maximum absolute atomic E-state index is 12.2. The Hall–Kier alpha value is -4.48. The summed E-state index contributed by atoms with van der Waals surface area (Å²) >= 11 is 0. The SMILES string of the molecule is C=CC(=O)Nc1cc(N(O)c2nccc(-c3cnn4ccccc34)n2)c(OC)cc1N(C)CCN(C)C. The Kier molecular flexibility index (Phi) is 7.66. The van der Waals surface area contributed by atoms with E-state index < -0.39 is 0 Å². The molecule has 37 heavy (non-hydrogen) atoms. The number of hydrogen-bond donors (Lipinski definition) is 2. The molecule has 0 aliphatic carbocycles. The van der Waals surface area contributed by atoms with Crippen molar-refractivity contribution in [2.24, 2.45) is 0 Å². The standard InChI is InChI=1S/C26H30N8O3/c1-6-25(35)29-20-15-23(24(37-5)16-22(20)32(4)14-13-31(2)3)34(36)26-27-11-10-19(30-26)18-17-28-33-12-8-7-9-21(18)33/h6-12,15-17,36H,1,13-14H2,2-5H3,(H,29,35). The van der Waals surface area contributed by atoms with Crippen molar-refractivity contribution < 1.29 is 14.7 Å². The second kappa shape index (κ2) is 11.1. The minimum Gasteiger partial charge on any atom is -0.494 e. The number of hydrogen-bond acceptors (Lipinski definition) is 9. The first kappa shape index (κ1) is 25.6. The Bertz CT molecular complexity index is 1420. The summed E-state index contributed by atoms with van der Waals surface area (Å²) in [6.45, 7) is 5.03. The number of likely N-dealkylation sites (N-methyl/N-ethyl adjacent to an activating group) is 2. The molecule has 4 aromatic rings. The molecule has 0 aliphatic heterocycles. The molecule has 1 amide bonds. The maximum atomic E-state index is 12.2. The molecule has 2 N–H and O–H groups in total. The molecule has 3 heterocycles. The van der Waals surface area contributed by atoms with Gasteiger partial charge in [0.15, 0.2) is 0 Å². The van der Waals surface area contributed by atoms with Crippen LogP contribution in [0.2, 0.25) is 0 Å². The van der Waals surface area contributed by atoms with Gasteiger partial charge in [0.1, 0.15) is 11.4 Å². The van der Waals surface area contributed by atoms with Crippen LogP contribution < -0.4 is 20.0 Å². The van der Waals surface area contributed by atoms with E-state index >= 15 is 0 Å². The van der Waals surface area contributed by atoms with Crippen molar-refractivity contribution in [1.29, 1.82) is 0 Å². The quantitative estimate of drug-likeness (QED) is 0.249. The number of amides is 1. The van der Waals surface area contributed by atoms with Crippen molar-refractivity contribution >= 4 is 34.4 Å². The molecule has 3 aromatic heterocycles. The number of anilines is 4. The number of nitrogens with one attached hydrogen (secondary N) is 1. The van der Waals surface area contributed by atoms with Crippen LogP contribution in [0.15, 0.2) is 67.6 Å². The van der Waals surface area contributed by atoms with Crippen LogP contribution in [0.3, 0.4) is 0 Å². The average molecular weight is 503 g/mol. The number of carbonyl (C=O) groups is 1. The van der Waals surface area contributed by atoms with Gasteiger partial charge in [-0.1, -0.05) is 12.6 Å². The fourth-order valence-electron chi connectivity index (χ4n) is 3.80. The summed E-state index contributed by atoms with van der Waals surface area (Å²) in [6.07, 6.45) is 6.31. The molecule has 0 saturated carbocycles. The monoisotopic (exact) mass is 502 g/mol. The molecule has 11 nitrogen and oxygen atoms in total. The van der Waals surface area contributed by atoms with E-state index in [0.29, 0.717) is 29.4 Å². The van der Waals surface area contributed by atoms with E-state index in [1.54, 1.807) is 35.1 Å². The van der Waals surface area contributed by atoms with Gasteiger partial charge in [-0.2, -0.15) is 10.2 Å². The van der Waals surface area contributed by atoms with Crippen LogP contribution in [0.25, 0.3) is 16.8 Å². The van der Waals surface area contributed by atoms with Gasteiger partial charge in [0.2, 0.25) is 5.91 Å². The van der Waals surface area contributed by atoms with E-state index in [1.165, 1.54) is 13.2 Å². The molecule has 0 saturated heterocycles. The zero-order valence-corrected chi connectivity index (χ0v) is 21.3. The molecule has 0 unspecified atom stereocenters. The van der Waals surface area contributed by atoms with Crippen molar-refractivity contribution in [2.45, 2.75) is 0 Å². The number of nitrogens with zero attached hydrogens (tertiary/aromatic N) is 7. The summed E-state index contributed by atoms with van der Waals surface area (Å²) in [5.41, 5.74) is 3.69. The van der Waals surface area contributed by atoms with Crippen LogP contribution in [0, 0.1) is 0 Å². The summed E-state index contributed by atoms with van der Waals surface area (Å²) in [7, 11) is 7.40. The van der Waals surface area contributed by atoms with Crippen LogP contribution in [0.4, 0.5) is 23.0 Å². The molecule has 0 spiro atoms. The van der Waals surface area contributed by atoms with Gasteiger partial charge in [-0.25, -0.2) is 14.5 Å². The average Bonchev–Trinajstić information content (AvgIpc) is 3.35. The predicted octanol–water partition coefficient (Wildman–Crippen LogP) is 3.45. The molecule has 1 aromatic carbocycles. The minimum absolute atomic E-state index is 0.0285. The molecule has 192 valence electrons. The van der Waals surface area contributed by atoms with Crippen LogP contribution in [-0.2, 0) is 4.79 Å². The van der Waals surface area contributed by atoms with Gasteiger partial charge in [-0.15, -0.1) is 0 Å². The molecule has 0 bridgehead atoms. The van der Waals surface area contributed by atoms with Crippen LogP contribution >= 0.6 is 0 Å². The number of benzene rings is 1. The second-order valence-electron chi connectivity index (χ2n) is 8.60. The van der Waals surface area contributed by atoms with Crippen molar-refractivity contribution in [3.63, 3.8) is 0 Å². The summed E-state index contributed by atoms with van der Waals surface area (Å²) in [4.78, 5) is 25.1. The first-order valence-corrected chi connectivity index (χ1v) is 11.6. The highest BCUT2D eigenvalue weighted by Crippen LogP contribution is 2.40. The zero-order valence-electron chi connectivity index (χ0n) is 21.3. The maximum Gasteiger partial charge on any atom is 0.255 e. The van der Waals surface area contributed by atoms with E-state index in [2.05, 4.69) is 31.9 Å². The number of carbonyl (C=O) groups excluding carboxylic acids is 1. The molecule has 4 rings (SSSR count). The minimum atomic E-state index is -0.380. The number of ether oxygens (including phenoxy) is 1. The lowest BCUT2D eigenvalue weighted by atomic mass is 10.2. The lowest BCUT2D eigenvalue weighted by Gasteiger charge is -2.27. The molecule has 0 radical (unpaired) electrons. The highest BCUT2D eigenvalue weighted by atomic mass is 16.5. The van der Waals surface area contributed by atoms with Gasteiger partial charge < -0.3 is 19.9 Å². The number of fused-ring (bicyclic) bond motifs is 1. The first-order valence-electron chi connectivity index (χ1n) is 11.6. The largest absolute Gasteiger partial charge is 0.494 e. The van der Waals surface area contributed by atoms with E-state index in [0.717, 1.165) is 22.7 Å². The van der Waals surface area contributed by atoms with E-state index in [-0.39, 0.29) is 17.5 Å². The van der Waals surface area contributed by atoms with Gasteiger partial charge in [0, 0.05) is 44.2 Å². The van der Waals surface area contributed by atoms with Crippen molar-refractivity contribution in [3.8, 4) is 17.0 Å². The first-order chi connectivity index (χ1) is 17.8. The molecule has 0 fully saturated rings. The molecule has 0 aliphatic rings. The normalized spacial score (nSPS) is 11.0. The Labute approximate surface area is 215 Å². The van der Waals surface area contributed by atoms with Gasteiger partial charge in [0.25, 0.3) is 5.95 Å². The fraction of sp³-hybridized carbons (Fsp3) is 0.231. The Morgan fingerprint density at radius 1 is 1.19 bits per heavy atom. The Balaban J connectivity index is 1.75. The van der Waals surface area contributed by atoms with Crippen molar-refractivity contribution in [1.82, 2.24) is 24.5 Å². The molecule has 0 atom stereocenters. The van der Waals surface area contributed by atoms with Gasteiger partial charge in [-0.3, -0.25) is 10.0 Å².